The minimum absolute atomic E-state index is 0.0689. The van der Waals surface area contributed by atoms with Gasteiger partial charge in [-0.1, -0.05) is 43.5 Å². The summed E-state index contributed by atoms with van der Waals surface area (Å²) in [5.41, 5.74) is 1.84. The zero-order chi connectivity index (χ0) is 23.2. The second-order valence-electron chi connectivity index (χ2n) is 8.96. The van der Waals surface area contributed by atoms with Gasteiger partial charge in [0.25, 0.3) is 5.91 Å². The molecule has 2 fully saturated rings. The van der Waals surface area contributed by atoms with E-state index in [0.717, 1.165) is 31.2 Å². The van der Waals surface area contributed by atoms with Gasteiger partial charge in [0.2, 0.25) is 11.8 Å². The fourth-order valence-corrected chi connectivity index (χ4v) is 4.61. The highest BCUT2D eigenvalue weighted by Gasteiger charge is 2.34. The molecule has 1 aliphatic carbocycles. The summed E-state index contributed by atoms with van der Waals surface area (Å²) in [7, 11) is 0. The number of likely N-dealkylation sites (tertiary alicyclic amines) is 1. The van der Waals surface area contributed by atoms with Gasteiger partial charge in [-0.05, 0) is 49.1 Å². The van der Waals surface area contributed by atoms with E-state index in [1.807, 2.05) is 0 Å². The summed E-state index contributed by atoms with van der Waals surface area (Å²) in [5, 5.41) is 5.96. The smallest absolute Gasteiger partial charge is 0.253 e. The van der Waals surface area contributed by atoms with Crippen LogP contribution < -0.4 is 10.6 Å². The highest BCUT2D eigenvalue weighted by atomic mass is 19.1. The molecule has 0 aromatic heterocycles. The first-order valence-electron chi connectivity index (χ1n) is 11.7. The molecule has 33 heavy (non-hydrogen) atoms. The number of carbonyl (C=O) groups excluding carboxylic acids is 3. The molecule has 2 aromatic carbocycles. The fraction of sp³-hybridized carbons (Fsp3) is 0.423. The van der Waals surface area contributed by atoms with E-state index in [4.69, 9.17) is 0 Å². The fourth-order valence-electron chi connectivity index (χ4n) is 4.61. The molecular formula is C26H30FN3O3. The van der Waals surface area contributed by atoms with E-state index in [2.05, 4.69) is 10.6 Å². The van der Waals surface area contributed by atoms with Crippen LogP contribution in [-0.2, 0) is 16.0 Å². The number of anilines is 1. The molecule has 1 atom stereocenters. The van der Waals surface area contributed by atoms with Gasteiger partial charge in [0, 0.05) is 25.6 Å². The summed E-state index contributed by atoms with van der Waals surface area (Å²) in [5.74, 6) is -1.27. The van der Waals surface area contributed by atoms with Crippen LogP contribution in [0.5, 0.6) is 0 Å². The van der Waals surface area contributed by atoms with Crippen LogP contribution in [0.15, 0.2) is 48.5 Å². The molecule has 1 saturated carbocycles. The lowest BCUT2D eigenvalue weighted by molar-refractivity contribution is -0.128. The van der Waals surface area contributed by atoms with Crippen LogP contribution in [-0.4, -0.2) is 41.8 Å². The average molecular weight is 452 g/mol. The highest BCUT2D eigenvalue weighted by Crippen LogP contribution is 2.23. The van der Waals surface area contributed by atoms with E-state index < -0.39 is 5.92 Å². The van der Waals surface area contributed by atoms with Crippen LogP contribution in [0, 0.1) is 11.7 Å². The molecule has 7 heteroatoms. The number of benzene rings is 2. The van der Waals surface area contributed by atoms with Crippen LogP contribution in [0.4, 0.5) is 10.1 Å². The van der Waals surface area contributed by atoms with Crippen LogP contribution >= 0.6 is 0 Å². The molecule has 1 heterocycles. The summed E-state index contributed by atoms with van der Waals surface area (Å²) in [6.45, 7) is 0.816. The Kier molecular flexibility index (Phi) is 7.37. The number of hydrogen-bond acceptors (Lipinski definition) is 3. The van der Waals surface area contributed by atoms with Crippen molar-refractivity contribution in [2.45, 2.75) is 51.0 Å². The quantitative estimate of drug-likeness (QED) is 0.670. The molecule has 2 N–H and O–H groups in total. The van der Waals surface area contributed by atoms with Crippen molar-refractivity contribution in [2.24, 2.45) is 5.92 Å². The molecule has 0 bridgehead atoms. The lowest BCUT2D eigenvalue weighted by Crippen LogP contribution is -2.36. The van der Waals surface area contributed by atoms with Gasteiger partial charge in [0.1, 0.15) is 5.82 Å². The van der Waals surface area contributed by atoms with Crippen LogP contribution in [0.3, 0.4) is 0 Å². The van der Waals surface area contributed by atoms with Gasteiger partial charge in [0.15, 0.2) is 0 Å². The minimum Gasteiger partial charge on any atom is -0.349 e. The number of hydrogen-bond donors (Lipinski definition) is 2. The summed E-state index contributed by atoms with van der Waals surface area (Å²) in [4.78, 5) is 39.9. The lowest BCUT2D eigenvalue weighted by Gasteiger charge is -2.23. The summed E-state index contributed by atoms with van der Waals surface area (Å²) in [6, 6.07) is 13.4. The maximum Gasteiger partial charge on any atom is 0.253 e. The van der Waals surface area contributed by atoms with Crippen LogP contribution in [0.2, 0.25) is 0 Å². The third-order valence-electron chi connectivity index (χ3n) is 6.54. The predicted molar refractivity (Wildman–Crippen MR) is 124 cm³/mol. The Morgan fingerprint density at radius 3 is 2.48 bits per heavy atom. The molecule has 4 rings (SSSR count). The number of para-hydroxylation sites is 1. The van der Waals surface area contributed by atoms with Crippen LogP contribution in [0.1, 0.15) is 54.4 Å². The first-order valence-corrected chi connectivity index (χ1v) is 11.7. The van der Waals surface area contributed by atoms with Crippen molar-refractivity contribution in [3.63, 3.8) is 0 Å². The van der Waals surface area contributed by atoms with Gasteiger partial charge in [-0.3, -0.25) is 14.4 Å². The van der Waals surface area contributed by atoms with Crippen LogP contribution in [0.25, 0.3) is 0 Å². The van der Waals surface area contributed by atoms with Crippen molar-refractivity contribution >= 4 is 23.4 Å². The standard InChI is InChI=1S/C26H30FN3O3/c27-20-12-10-18(11-13-20)14-15-30-17-19(16-24(30)31)25(32)29-23-9-5-4-8-22(23)26(33)28-21-6-2-1-3-7-21/h4-5,8-13,19,21H,1-3,6-7,14-17H2,(H,28,33)(H,29,32). The second kappa shape index (κ2) is 10.6. The highest BCUT2D eigenvalue weighted by molar-refractivity contribution is 6.05. The Morgan fingerprint density at radius 2 is 1.73 bits per heavy atom. The van der Waals surface area contributed by atoms with Crippen molar-refractivity contribution in [1.29, 1.82) is 0 Å². The summed E-state index contributed by atoms with van der Waals surface area (Å²) < 4.78 is 13.1. The SMILES string of the molecule is O=C(NC1CCCCC1)c1ccccc1NC(=O)C1CC(=O)N(CCc2ccc(F)cc2)C1. The Hall–Kier alpha value is -3.22. The third kappa shape index (κ3) is 5.97. The van der Waals surface area contributed by atoms with Gasteiger partial charge in [-0.15, -0.1) is 0 Å². The first-order chi connectivity index (χ1) is 16.0. The monoisotopic (exact) mass is 451 g/mol. The second-order valence-corrected chi connectivity index (χ2v) is 8.96. The van der Waals surface area contributed by atoms with E-state index in [1.165, 1.54) is 18.6 Å². The number of carbonyl (C=O) groups is 3. The molecule has 174 valence electrons. The number of rotatable bonds is 7. The average Bonchev–Trinajstić information content (AvgIpc) is 3.20. The molecule has 0 radical (unpaired) electrons. The van der Waals surface area contributed by atoms with Gasteiger partial charge in [-0.2, -0.15) is 0 Å². The number of nitrogens with zero attached hydrogens (tertiary/aromatic N) is 1. The maximum absolute atomic E-state index is 13.1. The Labute approximate surface area is 193 Å². The normalized spacial score (nSPS) is 18.9. The van der Waals surface area contributed by atoms with Gasteiger partial charge < -0.3 is 15.5 Å². The first kappa shape index (κ1) is 23.0. The molecule has 3 amide bonds. The van der Waals surface area contributed by atoms with Gasteiger partial charge in [-0.25, -0.2) is 4.39 Å². The van der Waals surface area contributed by atoms with E-state index in [9.17, 15) is 18.8 Å². The van der Waals surface area contributed by atoms with Crippen molar-refractivity contribution in [3.05, 3.63) is 65.5 Å². The van der Waals surface area contributed by atoms with Crippen molar-refractivity contribution < 1.29 is 18.8 Å². The lowest BCUT2D eigenvalue weighted by atomic mass is 9.95. The van der Waals surface area contributed by atoms with E-state index in [-0.39, 0.29) is 36.0 Å². The van der Waals surface area contributed by atoms with Crippen molar-refractivity contribution in [3.8, 4) is 0 Å². The van der Waals surface area contributed by atoms with Gasteiger partial charge >= 0.3 is 0 Å². The summed E-state index contributed by atoms with van der Waals surface area (Å²) in [6.07, 6.45) is 6.17. The zero-order valence-electron chi connectivity index (χ0n) is 18.7. The van der Waals surface area contributed by atoms with E-state index >= 15 is 0 Å². The van der Waals surface area contributed by atoms with Gasteiger partial charge in [0.05, 0.1) is 17.2 Å². The maximum atomic E-state index is 13.1. The Balaban J connectivity index is 1.34. The Morgan fingerprint density at radius 1 is 1.00 bits per heavy atom. The minimum atomic E-state index is -0.472. The van der Waals surface area contributed by atoms with Crippen molar-refractivity contribution in [1.82, 2.24) is 10.2 Å². The topological polar surface area (TPSA) is 78.5 Å². The number of halogens is 1. The largest absolute Gasteiger partial charge is 0.349 e. The summed E-state index contributed by atoms with van der Waals surface area (Å²) >= 11 is 0. The molecule has 1 saturated heterocycles. The molecule has 2 aromatic rings. The van der Waals surface area contributed by atoms with E-state index in [0.29, 0.717) is 30.8 Å². The molecule has 1 aliphatic heterocycles. The molecular weight excluding hydrogens is 421 g/mol. The molecule has 1 unspecified atom stereocenters. The third-order valence-corrected chi connectivity index (χ3v) is 6.54. The van der Waals surface area contributed by atoms with E-state index in [1.54, 1.807) is 41.3 Å². The predicted octanol–water partition coefficient (Wildman–Crippen LogP) is 3.92. The number of amides is 3. The Bertz CT molecular complexity index is 1000. The van der Waals surface area contributed by atoms with Crippen molar-refractivity contribution in [2.75, 3.05) is 18.4 Å². The molecule has 6 nitrogen and oxygen atoms in total. The number of nitrogens with one attached hydrogen (secondary N) is 2. The zero-order valence-corrected chi connectivity index (χ0v) is 18.7. The molecule has 0 spiro atoms. The molecule has 2 aliphatic rings.